The molecule has 0 atom stereocenters. The fourth-order valence-corrected chi connectivity index (χ4v) is 1.29. The van der Waals surface area contributed by atoms with Crippen molar-refractivity contribution in [1.29, 1.82) is 0 Å². The van der Waals surface area contributed by atoms with E-state index in [4.69, 9.17) is 0 Å². The lowest BCUT2D eigenvalue weighted by Gasteiger charge is -2.04. The molecular formula is C9H6O2. The van der Waals surface area contributed by atoms with Crippen molar-refractivity contribution in [2.75, 3.05) is 0 Å². The van der Waals surface area contributed by atoms with E-state index in [1.54, 1.807) is 6.08 Å². The molecule has 0 amide bonds. The monoisotopic (exact) mass is 146 g/mol. The largest absolute Gasteiger partial charge is 0.286 e. The fraction of sp³-hybridized carbons (Fsp3) is 0.111. The molecule has 0 spiro atoms. The Bertz CT molecular complexity index is 329. The molecule has 0 unspecified atom stereocenters. The first-order chi connectivity index (χ1) is 5.29. The second-order valence-corrected chi connectivity index (χ2v) is 2.57. The minimum Gasteiger partial charge on any atom is -0.286 e. The first-order valence-electron chi connectivity index (χ1n) is 3.45. The Hall–Kier alpha value is -1.44. The number of hydrogen-bond donors (Lipinski definition) is 0. The first-order valence-corrected chi connectivity index (χ1v) is 3.45. The maximum Gasteiger partial charge on any atom is 0.229 e. The molecule has 0 aromatic rings. The maximum absolute atomic E-state index is 11.1. The van der Waals surface area contributed by atoms with Gasteiger partial charge in [-0.3, -0.25) is 9.59 Å². The molecule has 0 saturated heterocycles. The van der Waals surface area contributed by atoms with Gasteiger partial charge in [0.05, 0.1) is 0 Å². The molecule has 0 aliphatic heterocycles. The number of allylic oxidation sites excluding steroid dienone is 6. The van der Waals surface area contributed by atoms with E-state index in [0.717, 1.165) is 5.57 Å². The van der Waals surface area contributed by atoms with E-state index in [2.05, 4.69) is 0 Å². The van der Waals surface area contributed by atoms with E-state index >= 15 is 0 Å². The minimum absolute atomic E-state index is 0.340. The van der Waals surface area contributed by atoms with Crippen LogP contribution in [-0.2, 0) is 9.59 Å². The van der Waals surface area contributed by atoms with E-state index in [1.165, 1.54) is 6.08 Å². The summed E-state index contributed by atoms with van der Waals surface area (Å²) in [5.41, 5.74) is 1.55. The summed E-state index contributed by atoms with van der Waals surface area (Å²) in [5.74, 6) is -0.736. The quantitative estimate of drug-likeness (QED) is 0.376. The molecule has 0 aromatic carbocycles. The van der Waals surface area contributed by atoms with Gasteiger partial charge in [-0.05, 0) is 18.1 Å². The van der Waals surface area contributed by atoms with Crippen LogP contribution in [0, 0.1) is 0 Å². The van der Waals surface area contributed by atoms with Gasteiger partial charge in [-0.25, -0.2) is 0 Å². The van der Waals surface area contributed by atoms with Gasteiger partial charge in [0.25, 0.3) is 0 Å². The van der Waals surface area contributed by atoms with Crippen LogP contribution in [0.2, 0.25) is 0 Å². The Balaban J connectivity index is 2.50. The zero-order valence-corrected chi connectivity index (χ0v) is 5.83. The van der Waals surface area contributed by atoms with Gasteiger partial charge in [-0.15, -0.1) is 0 Å². The van der Waals surface area contributed by atoms with E-state index in [9.17, 15) is 9.59 Å². The van der Waals surface area contributed by atoms with Crippen LogP contribution in [0.5, 0.6) is 0 Å². The third kappa shape index (κ3) is 0.792. The zero-order chi connectivity index (χ0) is 7.84. The standard InChI is InChI=1S/C9H6O2/c10-8-5-4-6-2-1-3-7(6)9(8)11/h1-2,4-5H,3H2. The van der Waals surface area contributed by atoms with E-state index in [-0.39, 0.29) is 5.78 Å². The van der Waals surface area contributed by atoms with Crippen molar-refractivity contribution < 1.29 is 9.59 Å². The maximum atomic E-state index is 11.1. The van der Waals surface area contributed by atoms with Crippen molar-refractivity contribution in [3.05, 3.63) is 35.5 Å². The van der Waals surface area contributed by atoms with Gasteiger partial charge in [0.1, 0.15) is 0 Å². The lowest BCUT2D eigenvalue weighted by atomic mass is 9.97. The third-order valence-corrected chi connectivity index (χ3v) is 1.88. The first kappa shape index (κ1) is 6.28. The number of ketones is 2. The van der Waals surface area contributed by atoms with Crippen LogP contribution < -0.4 is 0 Å². The Morgan fingerprint density at radius 1 is 1.09 bits per heavy atom. The summed E-state index contributed by atoms with van der Waals surface area (Å²) in [5, 5.41) is 0. The molecule has 2 aliphatic carbocycles. The summed E-state index contributed by atoms with van der Waals surface area (Å²) in [6.07, 6.45) is 7.41. The SMILES string of the molecule is O=C1C=CC2=C(CC=C2)C1=O. The Morgan fingerprint density at radius 2 is 1.91 bits per heavy atom. The zero-order valence-electron chi connectivity index (χ0n) is 5.83. The van der Waals surface area contributed by atoms with Crippen LogP contribution >= 0.6 is 0 Å². The average molecular weight is 146 g/mol. The smallest absolute Gasteiger partial charge is 0.229 e. The van der Waals surface area contributed by atoms with Gasteiger partial charge in [-0.1, -0.05) is 18.2 Å². The molecule has 0 bridgehead atoms. The van der Waals surface area contributed by atoms with Gasteiger partial charge in [0.2, 0.25) is 11.6 Å². The van der Waals surface area contributed by atoms with Crippen molar-refractivity contribution >= 4 is 11.6 Å². The highest BCUT2D eigenvalue weighted by molar-refractivity contribution is 6.48. The molecule has 2 aliphatic rings. The summed E-state index contributed by atoms with van der Waals surface area (Å²) in [6, 6.07) is 0. The highest BCUT2D eigenvalue weighted by atomic mass is 16.2. The summed E-state index contributed by atoms with van der Waals surface area (Å²) >= 11 is 0. The summed E-state index contributed by atoms with van der Waals surface area (Å²) in [6.45, 7) is 0. The van der Waals surface area contributed by atoms with Crippen LogP contribution in [0.15, 0.2) is 35.5 Å². The van der Waals surface area contributed by atoms with E-state index in [1.807, 2.05) is 12.2 Å². The molecule has 54 valence electrons. The van der Waals surface area contributed by atoms with E-state index in [0.29, 0.717) is 12.0 Å². The molecular weight excluding hydrogens is 140 g/mol. The number of hydrogen-bond acceptors (Lipinski definition) is 2. The normalized spacial score (nSPS) is 21.5. The molecule has 0 saturated carbocycles. The van der Waals surface area contributed by atoms with Crippen LogP contribution in [0.3, 0.4) is 0 Å². The predicted molar refractivity (Wildman–Crippen MR) is 39.9 cm³/mol. The molecule has 11 heavy (non-hydrogen) atoms. The summed E-state index contributed by atoms with van der Waals surface area (Å²) in [7, 11) is 0. The van der Waals surface area contributed by atoms with Crippen molar-refractivity contribution in [2.24, 2.45) is 0 Å². The molecule has 0 heterocycles. The van der Waals surface area contributed by atoms with Gasteiger partial charge in [0, 0.05) is 5.57 Å². The number of carbonyl (C=O) groups is 2. The average Bonchev–Trinajstić information content (AvgIpc) is 2.45. The van der Waals surface area contributed by atoms with Crippen LogP contribution in [-0.4, -0.2) is 11.6 Å². The Kier molecular flexibility index (Phi) is 1.15. The van der Waals surface area contributed by atoms with Gasteiger partial charge >= 0.3 is 0 Å². The molecule has 0 radical (unpaired) electrons. The second-order valence-electron chi connectivity index (χ2n) is 2.57. The topological polar surface area (TPSA) is 34.1 Å². The van der Waals surface area contributed by atoms with Crippen molar-refractivity contribution in [3.63, 3.8) is 0 Å². The number of Topliss-reactive ketones (excluding diaryl/α,β-unsaturated/α-hetero) is 1. The molecule has 0 N–H and O–H groups in total. The lowest BCUT2D eigenvalue weighted by molar-refractivity contribution is -0.131. The highest BCUT2D eigenvalue weighted by Gasteiger charge is 2.23. The van der Waals surface area contributed by atoms with Crippen LogP contribution in [0.25, 0.3) is 0 Å². The Labute approximate surface area is 63.9 Å². The van der Waals surface area contributed by atoms with Crippen molar-refractivity contribution in [3.8, 4) is 0 Å². The minimum atomic E-state index is -0.396. The molecule has 0 aromatic heterocycles. The molecule has 2 nitrogen and oxygen atoms in total. The van der Waals surface area contributed by atoms with Gasteiger partial charge in [0.15, 0.2) is 0 Å². The van der Waals surface area contributed by atoms with Crippen molar-refractivity contribution in [1.82, 2.24) is 0 Å². The molecule has 0 fully saturated rings. The molecule has 2 heteroatoms. The third-order valence-electron chi connectivity index (χ3n) is 1.88. The van der Waals surface area contributed by atoms with Crippen molar-refractivity contribution in [2.45, 2.75) is 6.42 Å². The van der Waals surface area contributed by atoms with E-state index < -0.39 is 5.78 Å². The molecule has 2 rings (SSSR count). The summed E-state index contributed by atoms with van der Waals surface area (Å²) < 4.78 is 0. The predicted octanol–water partition coefficient (Wildman–Crippen LogP) is 0.951. The van der Waals surface area contributed by atoms with Gasteiger partial charge < -0.3 is 0 Å². The summed E-state index contributed by atoms with van der Waals surface area (Å²) in [4.78, 5) is 21.9. The number of carbonyl (C=O) groups excluding carboxylic acids is 2. The number of rotatable bonds is 0. The second kappa shape index (κ2) is 2.02. The van der Waals surface area contributed by atoms with Crippen LogP contribution in [0.1, 0.15) is 6.42 Å². The van der Waals surface area contributed by atoms with Crippen LogP contribution in [0.4, 0.5) is 0 Å². The highest BCUT2D eigenvalue weighted by Crippen LogP contribution is 2.24. The van der Waals surface area contributed by atoms with Gasteiger partial charge in [-0.2, -0.15) is 0 Å². The Morgan fingerprint density at radius 3 is 2.73 bits per heavy atom. The lowest BCUT2D eigenvalue weighted by Crippen LogP contribution is -2.16. The fourth-order valence-electron chi connectivity index (χ4n) is 1.29.